The van der Waals surface area contributed by atoms with E-state index in [0.29, 0.717) is 13.0 Å². The van der Waals surface area contributed by atoms with Crippen LogP contribution in [-0.2, 0) is 14.3 Å². The van der Waals surface area contributed by atoms with Gasteiger partial charge in [-0.2, -0.15) is 0 Å². The zero-order chi connectivity index (χ0) is 11.7. The highest BCUT2D eigenvalue weighted by Gasteiger charge is 2.31. The summed E-state index contributed by atoms with van der Waals surface area (Å²) < 4.78 is 11.0. The number of carbonyl (C=O) groups is 1. The zero-order valence-corrected chi connectivity index (χ0v) is 10.5. The van der Waals surface area contributed by atoms with Crippen molar-refractivity contribution in [1.82, 2.24) is 0 Å². The van der Waals surface area contributed by atoms with Crippen molar-refractivity contribution in [3.63, 3.8) is 0 Å². The maximum Gasteiger partial charge on any atom is 0.305 e. The molecule has 0 aliphatic rings. The van der Waals surface area contributed by atoms with Gasteiger partial charge in [-0.05, 0) is 12.8 Å². The molecule has 0 fully saturated rings. The van der Waals surface area contributed by atoms with Gasteiger partial charge < -0.3 is 9.47 Å². The van der Waals surface area contributed by atoms with Crippen LogP contribution >= 0.6 is 0 Å². The Bertz CT molecular complexity index is 180. The summed E-state index contributed by atoms with van der Waals surface area (Å²) in [7, 11) is 0. The molecule has 1 atom stereocenters. The van der Waals surface area contributed by atoms with Gasteiger partial charge in [-0.25, -0.2) is 0 Å². The molecule has 0 aliphatic carbocycles. The summed E-state index contributed by atoms with van der Waals surface area (Å²) in [5.41, 5.74) is 0. The van der Waals surface area contributed by atoms with Crippen LogP contribution in [0.15, 0.2) is 0 Å². The van der Waals surface area contributed by atoms with Crippen molar-refractivity contribution in [1.29, 1.82) is 0 Å². The summed E-state index contributed by atoms with van der Waals surface area (Å²) >= 11 is 0. The fraction of sp³-hybridized carbons (Fsp3) is 0.917. The van der Waals surface area contributed by atoms with E-state index in [1.165, 1.54) is 6.92 Å². The van der Waals surface area contributed by atoms with Crippen LogP contribution in [0.4, 0.5) is 0 Å². The highest BCUT2D eigenvalue weighted by atomic mass is 16.7. The molecule has 0 saturated carbocycles. The average molecular weight is 216 g/mol. The number of carbonyl (C=O) groups excluding carboxylic acids is 1. The Balaban J connectivity index is 4.28. The van der Waals surface area contributed by atoms with Crippen molar-refractivity contribution in [2.45, 2.75) is 65.6 Å². The quantitative estimate of drug-likeness (QED) is 0.355. The summed E-state index contributed by atoms with van der Waals surface area (Å²) in [5, 5.41) is 0. The Morgan fingerprint density at radius 2 is 1.87 bits per heavy atom. The van der Waals surface area contributed by atoms with Crippen LogP contribution < -0.4 is 0 Å². The van der Waals surface area contributed by atoms with Gasteiger partial charge in [0.15, 0.2) is 0 Å². The van der Waals surface area contributed by atoms with Gasteiger partial charge in [0.05, 0.1) is 6.61 Å². The van der Waals surface area contributed by atoms with Crippen molar-refractivity contribution < 1.29 is 14.3 Å². The fourth-order valence-corrected chi connectivity index (χ4v) is 1.55. The van der Waals surface area contributed by atoms with Crippen molar-refractivity contribution in [3.8, 4) is 0 Å². The third-order valence-corrected chi connectivity index (χ3v) is 2.36. The molecule has 0 aromatic heterocycles. The second-order valence-corrected chi connectivity index (χ2v) is 3.81. The van der Waals surface area contributed by atoms with E-state index in [4.69, 9.17) is 9.47 Å². The standard InChI is InChI=1S/C12H24O3/c1-5-8-10-14-12(7-3,9-6-2)15-11(4)13/h5-10H2,1-4H3. The van der Waals surface area contributed by atoms with Crippen molar-refractivity contribution in [2.24, 2.45) is 0 Å². The molecule has 0 saturated heterocycles. The minimum atomic E-state index is -0.685. The number of hydrogen-bond acceptors (Lipinski definition) is 3. The molecule has 0 amide bonds. The number of rotatable bonds is 8. The normalized spacial score (nSPS) is 14.7. The van der Waals surface area contributed by atoms with Gasteiger partial charge in [0.25, 0.3) is 0 Å². The molecule has 15 heavy (non-hydrogen) atoms. The van der Waals surface area contributed by atoms with Crippen LogP contribution in [0.25, 0.3) is 0 Å². The molecule has 0 rings (SSSR count). The van der Waals surface area contributed by atoms with Gasteiger partial charge in [-0.15, -0.1) is 0 Å². The third kappa shape index (κ3) is 5.78. The highest BCUT2D eigenvalue weighted by molar-refractivity contribution is 5.66. The molecule has 0 aromatic rings. The molecular formula is C12H24O3. The molecule has 0 aliphatic heterocycles. The van der Waals surface area contributed by atoms with E-state index in [2.05, 4.69) is 13.8 Å². The lowest BCUT2D eigenvalue weighted by Crippen LogP contribution is -2.37. The van der Waals surface area contributed by atoms with Crippen molar-refractivity contribution in [3.05, 3.63) is 0 Å². The van der Waals surface area contributed by atoms with E-state index in [1.54, 1.807) is 0 Å². The minimum absolute atomic E-state index is 0.262. The van der Waals surface area contributed by atoms with Crippen LogP contribution in [0, 0.1) is 0 Å². The number of esters is 1. The molecule has 90 valence electrons. The van der Waals surface area contributed by atoms with Crippen LogP contribution in [0.3, 0.4) is 0 Å². The second kappa shape index (κ2) is 7.69. The molecule has 0 radical (unpaired) electrons. The molecule has 0 N–H and O–H groups in total. The van der Waals surface area contributed by atoms with Crippen molar-refractivity contribution >= 4 is 5.97 Å². The second-order valence-electron chi connectivity index (χ2n) is 3.81. The molecule has 0 heterocycles. The molecule has 3 nitrogen and oxygen atoms in total. The Labute approximate surface area is 93.1 Å². The van der Waals surface area contributed by atoms with Gasteiger partial charge in [-0.3, -0.25) is 4.79 Å². The first-order chi connectivity index (χ1) is 7.10. The molecule has 1 unspecified atom stereocenters. The maximum absolute atomic E-state index is 11.0. The summed E-state index contributed by atoms with van der Waals surface area (Å²) in [6.07, 6.45) is 4.53. The average Bonchev–Trinajstić information content (AvgIpc) is 2.17. The monoisotopic (exact) mass is 216 g/mol. The Hall–Kier alpha value is -0.570. The zero-order valence-electron chi connectivity index (χ0n) is 10.5. The fourth-order valence-electron chi connectivity index (χ4n) is 1.55. The minimum Gasteiger partial charge on any atom is -0.433 e. The van der Waals surface area contributed by atoms with Crippen LogP contribution in [0.1, 0.15) is 59.8 Å². The lowest BCUT2D eigenvalue weighted by molar-refractivity contribution is -0.235. The molecule has 3 heteroatoms. The van der Waals surface area contributed by atoms with Gasteiger partial charge in [0.2, 0.25) is 5.79 Å². The van der Waals surface area contributed by atoms with E-state index in [0.717, 1.165) is 25.7 Å². The summed E-state index contributed by atoms with van der Waals surface area (Å²) in [6, 6.07) is 0. The maximum atomic E-state index is 11.0. The Morgan fingerprint density at radius 1 is 1.20 bits per heavy atom. The van der Waals surface area contributed by atoms with E-state index >= 15 is 0 Å². The third-order valence-electron chi connectivity index (χ3n) is 2.36. The Morgan fingerprint density at radius 3 is 2.27 bits per heavy atom. The summed E-state index contributed by atoms with van der Waals surface area (Å²) in [5.74, 6) is -0.947. The van der Waals surface area contributed by atoms with Gasteiger partial charge in [0.1, 0.15) is 0 Å². The molecular weight excluding hydrogens is 192 g/mol. The van der Waals surface area contributed by atoms with Crippen LogP contribution in [0.5, 0.6) is 0 Å². The lowest BCUT2D eigenvalue weighted by atomic mass is 10.1. The van der Waals surface area contributed by atoms with Crippen LogP contribution in [-0.4, -0.2) is 18.4 Å². The summed E-state index contributed by atoms with van der Waals surface area (Å²) in [4.78, 5) is 11.0. The van der Waals surface area contributed by atoms with Crippen molar-refractivity contribution in [2.75, 3.05) is 6.61 Å². The smallest absolute Gasteiger partial charge is 0.305 e. The topological polar surface area (TPSA) is 35.5 Å². The molecule has 0 bridgehead atoms. The highest BCUT2D eigenvalue weighted by Crippen LogP contribution is 2.24. The first kappa shape index (κ1) is 14.4. The molecule has 0 spiro atoms. The van der Waals surface area contributed by atoms with E-state index in [-0.39, 0.29) is 5.97 Å². The number of hydrogen-bond donors (Lipinski definition) is 0. The van der Waals surface area contributed by atoms with E-state index in [9.17, 15) is 4.79 Å². The van der Waals surface area contributed by atoms with Gasteiger partial charge in [-0.1, -0.05) is 27.2 Å². The first-order valence-electron chi connectivity index (χ1n) is 5.93. The number of unbranched alkanes of at least 4 members (excludes halogenated alkanes) is 1. The van der Waals surface area contributed by atoms with Crippen LogP contribution in [0.2, 0.25) is 0 Å². The Kier molecular flexibility index (Phi) is 7.39. The predicted molar refractivity (Wildman–Crippen MR) is 60.6 cm³/mol. The van der Waals surface area contributed by atoms with E-state index < -0.39 is 5.79 Å². The lowest BCUT2D eigenvalue weighted by Gasteiger charge is -2.31. The SMILES string of the molecule is CCCCOC(CC)(CCC)OC(C)=O. The van der Waals surface area contributed by atoms with E-state index in [1.807, 2.05) is 6.92 Å². The van der Waals surface area contributed by atoms with Gasteiger partial charge >= 0.3 is 5.97 Å². The number of ether oxygens (including phenoxy) is 2. The van der Waals surface area contributed by atoms with Gasteiger partial charge in [0, 0.05) is 19.8 Å². The first-order valence-corrected chi connectivity index (χ1v) is 5.93. The predicted octanol–water partition coefficient (Wildman–Crippen LogP) is 3.27. The molecule has 0 aromatic carbocycles. The largest absolute Gasteiger partial charge is 0.433 e. The summed E-state index contributed by atoms with van der Waals surface area (Å²) in [6.45, 7) is 8.27.